The molecule has 0 aromatic rings. The molecule has 0 heterocycles. The molecule has 0 rings (SSSR count). The third-order valence-corrected chi connectivity index (χ3v) is 6.40. The maximum atomic E-state index is 6.18. The van der Waals surface area contributed by atoms with Gasteiger partial charge in [-0.05, 0) is 0 Å². The van der Waals surface area contributed by atoms with Crippen LogP contribution in [0.15, 0.2) is 0 Å². The molecule has 0 aliphatic carbocycles. The molecule has 2 radical (unpaired) electrons. The van der Waals surface area contributed by atoms with Crippen molar-refractivity contribution in [3.8, 4) is 0 Å². The van der Waals surface area contributed by atoms with Crippen molar-refractivity contribution < 1.29 is 6.15 Å². The Kier molecular flexibility index (Phi) is 17.7. The first-order chi connectivity index (χ1) is 10.3. The molecule has 0 fully saturated rings. The molecule has 0 saturated heterocycles. The van der Waals surface area contributed by atoms with E-state index in [-0.39, 0.29) is 0 Å². The monoisotopic (exact) mass is 406 g/mol. The molecular formula is C18H38O2Sn. The molecule has 0 aromatic heterocycles. The summed E-state index contributed by atoms with van der Waals surface area (Å²) >= 11 is -1.08. The van der Waals surface area contributed by atoms with Crippen molar-refractivity contribution >= 4 is 22.0 Å². The Morgan fingerprint density at radius 3 is 1.10 bits per heavy atom. The molecule has 0 aliphatic heterocycles. The summed E-state index contributed by atoms with van der Waals surface area (Å²) in [7, 11) is 0. The van der Waals surface area contributed by atoms with E-state index in [0.717, 1.165) is 0 Å². The Morgan fingerprint density at radius 1 is 0.571 bits per heavy atom. The van der Waals surface area contributed by atoms with E-state index in [4.69, 9.17) is 6.15 Å². The molecule has 0 bridgehead atoms. The van der Waals surface area contributed by atoms with Gasteiger partial charge in [-0.2, -0.15) is 0 Å². The predicted molar refractivity (Wildman–Crippen MR) is 93.6 cm³/mol. The second-order valence-corrected chi connectivity index (χ2v) is 7.95. The fourth-order valence-electron chi connectivity index (χ4n) is 2.42. The summed E-state index contributed by atoms with van der Waals surface area (Å²) in [4.78, 5) is 0. The van der Waals surface area contributed by atoms with Crippen molar-refractivity contribution in [1.82, 2.24) is 0 Å². The second-order valence-electron chi connectivity index (χ2n) is 6.13. The van der Waals surface area contributed by atoms with Crippen LogP contribution in [0.3, 0.4) is 0 Å². The van der Waals surface area contributed by atoms with Crippen LogP contribution in [-0.2, 0) is 6.15 Å². The molecule has 2 nitrogen and oxygen atoms in total. The van der Waals surface area contributed by atoms with Crippen LogP contribution >= 0.6 is 0 Å². The Hall–Kier alpha value is 0.719. The fourth-order valence-corrected chi connectivity index (χ4v) is 4.70. The Bertz CT molecular complexity index is 164. The van der Waals surface area contributed by atoms with Crippen LogP contribution in [0.1, 0.15) is 105 Å². The first-order valence-electron chi connectivity index (χ1n) is 9.34. The molecule has 0 aliphatic rings. The standard InChI is InChI=1S/2C9H19O.Sn/c2*1-3-5-7-9(10)8-6-4-2;/h2*9H,3-8H2,1-2H3;/q2*-1;+2. The minimum absolute atomic E-state index is 0.481. The van der Waals surface area contributed by atoms with Crippen LogP contribution < -0.4 is 0 Å². The summed E-state index contributed by atoms with van der Waals surface area (Å²) in [5.74, 6) is 0. The summed E-state index contributed by atoms with van der Waals surface area (Å²) in [6, 6.07) is 0. The molecular weight excluding hydrogens is 367 g/mol. The summed E-state index contributed by atoms with van der Waals surface area (Å²) in [5.41, 5.74) is 0. The summed E-state index contributed by atoms with van der Waals surface area (Å²) in [6.45, 7) is 9.05. The number of hydrogen-bond acceptors (Lipinski definition) is 2. The zero-order valence-electron chi connectivity index (χ0n) is 15.0. The Labute approximate surface area is 145 Å². The van der Waals surface area contributed by atoms with E-state index in [2.05, 4.69) is 27.7 Å². The quantitative estimate of drug-likeness (QED) is 0.291. The van der Waals surface area contributed by atoms with Gasteiger partial charge in [-0.25, -0.2) is 0 Å². The normalized spacial score (nSPS) is 11.7. The molecule has 126 valence electrons. The third-order valence-electron chi connectivity index (χ3n) is 3.95. The fraction of sp³-hybridized carbons (Fsp3) is 1.00. The van der Waals surface area contributed by atoms with Crippen LogP contribution in [0.2, 0.25) is 0 Å². The molecule has 0 atom stereocenters. The van der Waals surface area contributed by atoms with Gasteiger partial charge in [0.2, 0.25) is 0 Å². The van der Waals surface area contributed by atoms with Gasteiger partial charge in [0.05, 0.1) is 0 Å². The van der Waals surface area contributed by atoms with Crippen molar-refractivity contribution in [3.05, 3.63) is 0 Å². The van der Waals surface area contributed by atoms with Crippen molar-refractivity contribution in [2.24, 2.45) is 0 Å². The minimum atomic E-state index is -1.08. The van der Waals surface area contributed by atoms with Gasteiger partial charge in [-0.3, -0.25) is 0 Å². The first-order valence-corrected chi connectivity index (χ1v) is 11.7. The van der Waals surface area contributed by atoms with E-state index in [1.54, 1.807) is 0 Å². The van der Waals surface area contributed by atoms with Crippen molar-refractivity contribution in [2.45, 2.75) is 117 Å². The van der Waals surface area contributed by atoms with Gasteiger partial charge in [0.1, 0.15) is 0 Å². The van der Waals surface area contributed by atoms with Gasteiger partial charge in [0.25, 0.3) is 0 Å². The van der Waals surface area contributed by atoms with Crippen LogP contribution in [-0.4, -0.2) is 34.2 Å². The van der Waals surface area contributed by atoms with Crippen LogP contribution in [0.25, 0.3) is 0 Å². The van der Waals surface area contributed by atoms with Crippen LogP contribution in [0.5, 0.6) is 0 Å². The average Bonchev–Trinajstić information content (AvgIpc) is 2.51. The summed E-state index contributed by atoms with van der Waals surface area (Å²) < 4.78 is 12.4. The Morgan fingerprint density at radius 2 is 0.857 bits per heavy atom. The molecule has 0 aromatic carbocycles. The first kappa shape index (κ1) is 21.7. The third kappa shape index (κ3) is 14.1. The van der Waals surface area contributed by atoms with E-state index < -0.39 is 22.0 Å². The summed E-state index contributed by atoms with van der Waals surface area (Å²) in [6.07, 6.45) is 16.2. The molecule has 3 heteroatoms. The van der Waals surface area contributed by atoms with Crippen molar-refractivity contribution in [2.75, 3.05) is 0 Å². The molecule has 0 N–H and O–H groups in total. The van der Waals surface area contributed by atoms with Gasteiger partial charge in [0, 0.05) is 0 Å². The van der Waals surface area contributed by atoms with Gasteiger partial charge < -0.3 is 0 Å². The van der Waals surface area contributed by atoms with E-state index in [9.17, 15) is 0 Å². The van der Waals surface area contributed by atoms with E-state index in [1.807, 2.05) is 0 Å². The summed E-state index contributed by atoms with van der Waals surface area (Å²) in [5, 5.41) is 0. The maximum absolute atomic E-state index is 6.18. The molecule has 0 saturated carbocycles. The molecule has 0 amide bonds. The second kappa shape index (κ2) is 17.1. The number of unbranched alkanes of at least 4 members (excludes halogenated alkanes) is 4. The van der Waals surface area contributed by atoms with Gasteiger partial charge in [-0.15, -0.1) is 0 Å². The number of rotatable bonds is 16. The van der Waals surface area contributed by atoms with Crippen LogP contribution in [0.4, 0.5) is 0 Å². The predicted octanol–water partition coefficient (Wildman–Crippen LogP) is 6.05. The van der Waals surface area contributed by atoms with Crippen molar-refractivity contribution in [3.63, 3.8) is 0 Å². The van der Waals surface area contributed by atoms with Gasteiger partial charge >= 0.3 is 145 Å². The Balaban J connectivity index is 3.96. The van der Waals surface area contributed by atoms with Gasteiger partial charge in [-0.1, -0.05) is 0 Å². The SMILES string of the molecule is CCCCC(CCCC)[O][Sn][O]C(CCCC)CCCC. The zero-order valence-corrected chi connectivity index (χ0v) is 17.8. The average molecular weight is 405 g/mol. The van der Waals surface area contributed by atoms with Crippen LogP contribution in [0, 0.1) is 0 Å². The topological polar surface area (TPSA) is 18.5 Å². The molecule has 21 heavy (non-hydrogen) atoms. The molecule has 0 unspecified atom stereocenters. The molecule has 0 spiro atoms. The van der Waals surface area contributed by atoms with Crippen molar-refractivity contribution in [1.29, 1.82) is 0 Å². The van der Waals surface area contributed by atoms with E-state index >= 15 is 0 Å². The zero-order chi connectivity index (χ0) is 15.8. The van der Waals surface area contributed by atoms with E-state index in [0.29, 0.717) is 12.2 Å². The van der Waals surface area contributed by atoms with Gasteiger partial charge in [0.15, 0.2) is 0 Å². The number of hydrogen-bond donors (Lipinski definition) is 0. The van der Waals surface area contributed by atoms with E-state index in [1.165, 1.54) is 77.0 Å².